The predicted octanol–water partition coefficient (Wildman–Crippen LogP) is 3.60. The molecule has 0 saturated carbocycles. The predicted molar refractivity (Wildman–Crippen MR) is 77.3 cm³/mol. The number of carboxylic acid groups (broad SMARTS) is 1. The molecule has 23 heavy (non-hydrogen) atoms. The van der Waals surface area contributed by atoms with Gasteiger partial charge in [0.1, 0.15) is 11.6 Å². The van der Waals surface area contributed by atoms with Crippen LogP contribution in [0.4, 0.5) is 13.2 Å². The number of carbonyl (C=O) groups is 1. The smallest absolute Gasteiger partial charge is 0.305 e. The summed E-state index contributed by atoms with van der Waals surface area (Å²) in [5, 5.41) is 8.86. The Hall–Kier alpha value is -2.83. The van der Waals surface area contributed by atoms with Crippen LogP contribution in [0.25, 0.3) is 22.4 Å². The molecule has 3 aromatic rings. The molecule has 1 aromatic heterocycles. The van der Waals surface area contributed by atoms with Crippen LogP contribution in [0.15, 0.2) is 36.4 Å². The standard InChI is InChI=1S/C16H11F3N2O2/c17-10-4-2-1-3-9(10)16-20-13-7-11(18)12(19)8-14(13)21(16)6-5-15(22)23/h1-4,7-8H,5-6H2,(H,22,23). The number of aryl methyl sites for hydroxylation is 1. The summed E-state index contributed by atoms with van der Waals surface area (Å²) in [6, 6.07) is 7.65. The first-order chi connectivity index (χ1) is 11.0. The Labute approximate surface area is 128 Å². The van der Waals surface area contributed by atoms with Crippen LogP contribution in [0.3, 0.4) is 0 Å². The molecule has 0 fully saturated rings. The number of carboxylic acids is 1. The van der Waals surface area contributed by atoms with Gasteiger partial charge in [-0.2, -0.15) is 0 Å². The van der Waals surface area contributed by atoms with Crippen LogP contribution in [0, 0.1) is 17.5 Å². The molecule has 2 aromatic carbocycles. The van der Waals surface area contributed by atoms with Crippen molar-refractivity contribution in [1.29, 1.82) is 0 Å². The van der Waals surface area contributed by atoms with Gasteiger partial charge in [0, 0.05) is 18.7 Å². The Kier molecular flexibility index (Phi) is 3.77. The van der Waals surface area contributed by atoms with Crippen LogP contribution in [0.2, 0.25) is 0 Å². The lowest BCUT2D eigenvalue weighted by molar-refractivity contribution is -0.137. The average molecular weight is 320 g/mol. The highest BCUT2D eigenvalue weighted by Gasteiger charge is 2.18. The summed E-state index contributed by atoms with van der Waals surface area (Å²) in [5.41, 5.74) is 0.478. The van der Waals surface area contributed by atoms with E-state index in [9.17, 15) is 18.0 Å². The third-order valence-electron chi connectivity index (χ3n) is 3.45. The number of hydrogen-bond donors (Lipinski definition) is 1. The largest absolute Gasteiger partial charge is 0.481 e. The van der Waals surface area contributed by atoms with Crippen molar-refractivity contribution in [2.45, 2.75) is 13.0 Å². The van der Waals surface area contributed by atoms with Crippen molar-refractivity contribution in [3.05, 3.63) is 53.8 Å². The molecule has 1 N–H and O–H groups in total. The molecule has 0 amide bonds. The summed E-state index contributed by atoms with van der Waals surface area (Å²) in [7, 11) is 0. The Morgan fingerprint density at radius 1 is 1.09 bits per heavy atom. The number of hydrogen-bond acceptors (Lipinski definition) is 2. The lowest BCUT2D eigenvalue weighted by Gasteiger charge is -2.08. The van der Waals surface area contributed by atoms with Crippen molar-refractivity contribution in [1.82, 2.24) is 9.55 Å². The molecule has 0 aliphatic rings. The molecule has 4 nitrogen and oxygen atoms in total. The molecular formula is C16H11F3N2O2. The Morgan fingerprint density at radius 2 is 1.78 bits per heavy atom. The van der Waals surface area contributed by atoms with E-state index >= 15 is 0 Å². The molecule has 0 radical (unpaired) electrons. The normalized spacial score (nSPS) is 11.1. The van der Waals surface area contributed by atoms with E-state index in [2.05, 4.69) is 4.98 Å². The molecule has 7 heteroatoms. The minimum atomic E-state index is -1.07. The third kappa shape index (κ3) is 2.77. The molecule has 0 aliphatic carbocycles. The van der Waals surface area contributed by atoms with Crippen LogP contribution in [-0.2, 0) is 11.3 Å². The molecule has 0 atom stereocenters. The van der Waals surface area contributed by atoms with Crippen molar-refractivity contribution in [3.8, 4) is 11.4 Å². The fourth-order valence-electron chi connectivity index (χ4n) is 2.40. The zero-order valence-corrected chi connectivity index (χ0v) is 11.8. The zero-order valence-electron chi connectivity index (χ0n) is 11.8. The van der Waals surface area contributed by atoms with Crippen LogP contribution >= 0.6 is 0 Å². The lowest BCUT2D eigenvalue weighted by atomic mass is 10.2. The first-order valence-corrected chi connectivity index (χ1v) is 6.79. The Balaban J connectivity index is 2.25. The highest BCUT2D eigenvalue weighted by atomic mass is 19.2. The van der Waals surface area contributed by atoms with Gasteiger partial charge in [0.25, 0.3) is 0 Å². The van der Waals surface area contributed by atoms with Crippen molar-refractivity contribution < 1.29 is 23.1 Å². The summed E-state index contributed by atoms with van der Waals surface area (Å²) in [6.45, 7) is -0.0411. The van der Waals surface area contributed by atoms with Gasteiger partial charge in [-0.15, -0.1) is 0 Å². The first kappa shape index (κ1) is 15.1. The van der Waals surface area contributed by atoms with Gasteiger partial charge in [-0.25, -0.2) is 18.2 Å². The van der Waals surface area contributed by atoms with Gasteiger partial charge in [-0.3, -0.25) is 4.79 Å². The third-order valence-corrected chi connectivity index (χ3v) is 3.45. The fraction of sp³-hybridized carbons (Fsp3) is 0.125. The monoisotopic (exact) mass is 320 g/mol. The molecule has 0 aliphatic heterocycles. The summed E-state index contributed by atoms with van der Waals surface area (Å²) >= 11 is 0. The number of fused-ring (bicyclic) bond motifs is 1. The zero-order chi connectivity index (χ0) is 16.6. The molecule has 118 valence electrons. The van der Waals surface area contributed by atoms with Crippen molar-refractivity contribution in [2.24, 2.45) is 0 Å². The van der Waals surface area contributed by atoms with E-state index in [0.29, 0.717) is 0 Å². The van der Waals surface area contributed by atoms with Gasteiger partial charge in [-0.05, 0) is 12.1 Å². The number of rotatable bonds is 4. The van der Waals surface area contributed by atoms with E-state index in [1.54, 1.807) is 6.07 Å². The number of imidazole rings is 1. The number of aromatic nitrogens is 2. The van der Waals surface area contributed by atoms with E-state index in [1.807, 2.05) is 0 Å². The number of aliphatic carboxylic acids is 1. The summed E-state index contributed by atoms with van der Waals surface area (Å²) < 4.78 is 42.3. The molecule has 3 rings (SSSR count). The number of benzene rings is 2. The maximum absolute atomic E-state index is 14.0. The van der Waals surface area contributed by atoms with E-state index in [-0.39, 0.29) is 35.4 Å². The Morgan fingerprint density at radius 3 is 2.48 bits per heavy atom. The molecule has 0 bridgehead atoms. The average Bonchev–Trinajstić information content (AvgIpc) is 2.83. The second kappa shape index (κ2) is 5.75. The van der Waals surface area contributed by atoms with E-state index in [0.717, 1.165) is 12.1 Å². The van der Waals surface area contributed by atoms with Gasteiger partial charge in [0.2, 0.25) is 0 Å². The second-order valence-electron chi connectivity index (χ2n) is 4.97. The van der Waals surface area contributed by atoms with Crippen LogP contribution in [-0.4, -0.2) is 20.6 Å². The second-order valence-corrected chi connectivity index (χ2v) is 4.97. The number of nitrogens with zero attached hydrogens (tertiary/aromatic N) is 2. The minimum Gasteiger partial charge on any atom is -0.481 e. The molecule has 1 heterocycles. The van der Waals surface area contributed by atoms with Crippen LogP contribution in [0.5, 0.6) is 0 Å². The van der Waals surface area contributed by atoms with Crippen molar-refractivity contribution in [2.75, 3.05) is 0 Å². The van der Waals surface area contributed by atoms with Crippen molar-refractivity contribution >= 4 is 17.0 Å². The Bertz CT molecular complexity index is 906. The molecule has 0 unspecified atom stereocenters. The summed E-state index contributed by atoms with van der Waals surface area (Å²) in [5.74, 6) is -3.63. The van der Waals surface area contributed by atoms with Crippen LogP contribution < -0.4 is 0 Å². The molecular weight excluding hydrogens is 309 g/mol. The lowest BCUT2D eigenvalue weighted by Crippen LogP contribution is -2.07. The van der Waals surface area contributed by atoms with Gasteiger partial charge in [0.05, 0.1) is 23.0 Å². The van der Waals surface area contributed by atoms with E-state index < -0.39 is 23.4 Å². The topological polar surface area (TPSA) is 55.1 Å². The van der Waals surface area contributed by atoms with E-state index in [4.69, 9.17) is 5.11 Å². The van der Waals surface area contributed by atoms with Gasteiger partial charge >= 0.3 is 5.97 Å². The highest BCUT2D eigenvalue weighted by Crippen LogP contribution is 2.28. The first-order valence-electron chi connectivity index (χ1n) is 6.79. The van der Waals surface area contributed by atoms with Gasteiger partial charge in [0.15, 0.2) is 11.6 Å². The number of halogens is 3. The van der Waals surface area contributed by atoms with Crippen molar-refractivity contribution in [3.63, 3.8) is 0 Å². The van der Waals surface area contributed by atoms with Crippen LogP contribution in [0.1, 0.15) is 6.42 Å². The highest BCUT2D eigenvalue weighted by molar-refractivity contribution is 5.81. The fourth-order valence-corrected chi connectivity index (χ4v) is 2.40. The quantitative estimate of drug-likeness (QED) is 0.799. The maximum atomic E-state index is 14.0. The summed E-state index contributed by atoms with van der Waals surface area (Å²) in [6.07, 6.45) is -0.258. The molecule has 0 saturated heterocycles. The minimum absolute atomic E-state index is 0.0411. The summed E-state index contributed by atoms with van der Waals surface area (Å²) in [4.78, 5) is 15.0. The van der Waals surface area contributed by atoms with Gasteiger partial charge < -0.3 is 9.67 Å². The maximum Gasteiger partial charge on any atom is 0.305 e. The van der Waals surface area contributed by atoms with Gasteiger partial charge in [-0.1, -0.05) is 12.1 Å². The SMILES string of the molecule is O=C(O)CCn1c(-c2ccccc2F)nc2cc(F)c(F)cc21. The van der Waals surface area contributed by atoms with E-state index in [1.165, 1.54) is 22.8 Å². The molecule has 0 spiro atoms.